The Morgan fingerprint density at radius 3 is 2.78 bits per heavy atom. The summed E-state index contributed by atoms with van der Waals surface area (Å²) >= 11 is 1.60. The van der Waals surface area contributed by atoms with Gasteiger partial charge < -0.3 is 9.72 Å². The van der Waals surface area contributed by atoms with E-state index >= 15 is 0 Å². The van der Waals surface area contributed by atoms with Crippen molar-refractivity contribution >= 4 is 11.8 Å². The number of fused-ring (bicyclic) bond motifs is 1. The van der Waals surface area contributed by atoms with Crippen molar-refractivity contribution in [2.24, 2.45) is 0 Å². The Labute approximate surface area is 110 Å². The van der Waals surface area contributed by atoms with Crippen LogP contribution in [0.5, 0.6) is 0 Å². The second-order valence-corrected chi connectivity index (χ2v) is 5.38. The standard InChI is InChI=1S/C13H16N2O2S/c1-17-6-7-18-13-10-5-3-2-4-9(10)11(8-14)12(16)15-13/h2-7H2,1H3,(H,15,16). The number of pyridine rings is 1. The van der Waals surface area contributed by atoms with Crippen molar-refractivity contribution in [1.29, 1.82) is 5.26 Å². The number of rotatable bonds is 4. The summed E-state index contributed by atoms with van der Waals surface area (Å²) in [5, 5.41) is 10.0. The summed E-state index contributed by atoms with van der Waals surface area (Å²) in [4.78, 5) is 14.7. The van der Waals surface area contributed by atoms with Crippen LogP contribution in [0.2, 0.25) is 0 Å². The Morgan fingerprint density at radius 2 is 2.11 bits per heavy atom. The fourth-order valence-electron chi connectivity index (χ4n) is 2.28. The lowest BCUT2D eigenvalue weighted by molar-refractivity contribution is 0.218. The zero-order valence-electron chi connectivity index (χ0n) is 10.4. The number of methoxy groups -OCH3 is 1. The van der Waals surface area contributed by atoms with Crippen LogP contribution in [-0.4, -0.2) is 24.5 Å². The molecular formula is C13H16N2O2S. The Kier molecular flexibility index (Phi) is 4.45. The largest absolute Gasteiger partial charge is 0.384 e. The monoisotopic (exact) mass is 264 g/mol. The Balaban J connectivity index is 2.39. The molecule has 0 radical (unpaired) electrons. The fourth-order valence-corrected chi connectivity index (χ4v) is 3.30. The summed E-state index contributed by atoms with van der Waals surface area (Å²) in [6, 6.07) is 2.04. The minimum absolute atomic E-state index is 0.252. The number of ether oxygens (including phenoxy) is 1. The molecule has 5 heteroatoms. The Bertz CT molecular complexity index is 531. The molecule has 0 amide bonds. The molecule has 1 N–H and O–H groups in total. The summed E-state index contributed by atoms with van der Waals surface area (Å²) in [6.07, 6.45) is 3.99. The topological polar surface area (TPSA) is 65.9 Å². The van der Waals surface area contributed by atoms with E-state index in [9.17, 15) is 4.79 Å². The predicted octanol–water partition coefficient (Wildman–Crippen LogP) is 1.86. The average Bonchev–Trinajstić information content (AvgIpc) is 2.39. The smallest absolute Gasteiger partial charge is 0.267 e. The van der Waals surface area contributed by atoms with Crippen molar-refractivity contribution in [1.82, 2.24) is 4.98 Å². The highest BCUT2D eigenvalue weighted by molar-refractivity contribution is 7.99. The number of nitrogens with one attached hydrogen (secondary N) is 1. The third-order valence-corrected chi connectivity index (χ3v) is 4.15. The zero-order chi connectivity index (χ0) is 13.0. The van der Waals surface area contributed by atoms with Gasteiger partial charge in [0.2, 0.25) is 0 Å². The highest BCUT2D eigenvalue weighted by Gasteiger charge is 2.20. The molecule has 0 spiro atoms. The minimum atomic E-state index is -0.252. The van der Waals surface area contributed by atoms with Crippen LogP contribution in [-0.2, 0) is 17.6 Å². The van der Waals surface area contributed by atoms with Gasteiger partial charge in [0.15, 0.2) is 0 Å². The van der Waals surface area contributed by atoms with Crippen molar-refractivity contribution < 1.29 is 4.74 Å². The van der Waals surface area contributed by atoms with Crippen molar-refractivity contribution in [2.45, 2.75) is 30.7 Å². The highest BCUT2D eigenvalue weighted by atomic mass is 32.2. The molecule has 0 fully saturated rings. The second kappa shape index (κ2) is 6.07. The molecule has 0 saturated carbocycles. The summed E-state index contributed by atoms with van der Waals surface area (Å²) in [5.74, 6) is 0.810. The SMILES string of the molecule is COCCSc1[nH]c(=O)c(C#N)c2c1CCCC2. The molecular weight excluding hydrogens is 248 g/mol. The molecule has 0 aliphatic heterocycles. The van der Waals surface area contributed by atoms with Crippen LogP contribution in [0.15, 0.2) is 9.82 Å². The summed E-state index contributed by atoms with van der Waals surface area (Å²) < 4.78 is 5.02. The summed E-state index contributed by atoms with van der Waals surface area (Å²) in [7, 11) is 1.66. The first kappa shape index (κ1) is 13.2. The molecule has 0 unspecified atom stereocenters. The van der Waals surface area contributed by atoms with Crippen LogP contribution in [0, 0.1) is 11.3 Å². The number of hydrogen-bond acceptors (Lipinski definition) is 4. The number of hydrogen-bond donors (Lipinski definition) is 1. The minimum Gasteiger partial charge on any atom is -0.384 e. The van der Waals surface area contributed by atoms with Gasteiger partial charge in [-0.05, 0) is 36.8 Å². The molecule has 1 aromatic heterocycles. The average molecular weight is 264 g/mol. The molecule has 0 aromatic carbocycles. The third kappa shape index (κ3) is 2.60. The molecule has 1 heterocycles. The van der Waals surface area contributed by atoms with Gasteiger partial charge in [0, 0.05) is 12.9 Å². The fraction of sp³-hybridized carbons (Fsp3) is 0.538. The molecule has 2 rings (SSSR count). The Morgan fingerprint density at radius 1 is 1.39 bits per heavy atom. The summed E-state index contributed by atoms with van der Waals surface area (Å²) in [5.41, 5.74) is 2.18. The zero-order valence-corrected chi connectivity index (χ0v) is 11.2. The van der Waals surface area contributed by atoms with Crippen LogP contribution >= 0.6 is 11.8 Å². The maximum atomic E-state index is 11.9. The van der Waals surface area contributed by atoms with Gasteiger partial charge in [0.1, 0.15) is 11.6 Å². The quantitative estimate of drug-likeness (QED) is 0.666. The van der Waals surface area contributed by atoms with E-state index in [0.29, 0.717) is 12.2 Å². The van der Waals surface area contributed by atoms with Gasteiger partial charge in [-0.25, -0.2) is 0 Å². The number of nitrogens with zero attached hydrogens (tertiary/aromatic N) is 1. The predicted molar refractivity (Wildman–Crippen MR) is 71.0 cm³/mol. The number of nitriles is 1. The van der Waals surface area contributed by atoms with E-state index < -0.39 is 0 Å². The second-order valence-electron chi connectivity index (χ2n) is 4.28. The molecule has 0 saturated heterocycles. The van der Waals surface area contributed by atoms with Crippen molar-refractivity contribution in [3.05, 3.63) is 27.0 Å². The maximum absolute atomic E-state index is 11.9. The van der Waals surface area contributed by atoms with Gasteiger partial charge in [-0.3, -0.25) is 4.79 Å². The number of H-pyrrole nitrogens is 1. The van der Waals surface area contributed by atoms with Crippen molar-refractivity contribution in [3.8, 4) is 6.07 Å². The molecule has 96 valence electrons. The van der Waals surface area contributed by atoms with Crippen molar-refractivity contribution in [2.75, 3.05) is 19.5 Å². The van der Waals surface area contributed by atoms with Crippen LogP contribution in [0.3, 0.4) is 0 Å². The van der Waals surface area contributed by atoms with E-state index in [-0.39, 0.29) is 5.56 Å². The van der Waals surface area contributed by atoms with Crippen LogP contribution < -0.4 is 5.56 Å². The number of aromatic nitrogens is 1. The Hall–Kier alpha value is -1.25. The molecule has 1 aromatic rings. The van der Waals surface area contributed by atoms with Gasteiger partial charge in [-0.15, -0.1) is 11.8 Å². The van der Waals surface area contributed by atoms with E-state index in [2.05, 4.69) is 4.98 Å². The first-order valence-electron chi connectivity index (χ1n) is 6.07. The van der Waals surface area contributed by atoms with Crippen LogP contribution in [0.4, 0.5) is 0 Å². The van der Waals surface area contributed by atoms with E-state index in [0.717, 1.165) is 42.0 Å². The van der Waals surface area contributed by atoms with Gasteiger partial charge >= 0.3 is 0 Å². The lowest BCUT2D eigenvalue weighted by atomic mass is 9.90. The number of aromatic amines is 1. The molecule has 4 nitrogen and oxygen atoms in total. The lowest BCUT2D eigenvalue weighted by Crippen LogP contribution is -2.20. The molecule has 18 heavy (non-hydrogen) atoms. The normalized spacial score (nSPS) is 14.0. The van der Waals surface area contributed by atoms with Crippen molar-refractivity contribution in [3.63, 3.8) is 0 Å². The third-order valence-electron chi connectivity index (χ3n) is 3.14. The molecule has 0 bridgehead atoms. The van der Waals surface area contributed by atoms with E-state index in [1.54, 1.807) is 18.9 Å². The molecule has 1 aliphatic rings. The highest BCUT2D eigenvalue weighted by Crippen LogP contribution is 2.29. The first-order chi connectivity index (χ1) is 8.77. The molecule has 0 atom stereocenters. The number of thioether (sulfide) groups is 1. The van der Waals surface area contributed by atoms with Gasteiger partial charge in [0.25, 0.3) is 5.56 Å². The van der Waals surface area contributed by atoms with E-state index in [1.165, 1.54) is 5.56 Å². The van der Waals surface area contributed by atoms with E-state index in [4.69, 9.17) is 10.00 Å². The summed E-state index contributed by atoms with van der Waals surface area (Å²) in [6.45, 7) is 0.654. The van der Waals surface area contributed by atoms with Gasteiger partial charge in [0.05, 0.1) is 11.6 Å². The van der Waals surface area contributed by atoms with Gasteiger partial charge in [-0.1, -0.05) is 0 Å². The first-order valence-corrected chi connectivity index (χ1v) is 7.06. The molecule has 1 aliphatic carbocycles. The maximum Gasteiger partial charge on any atom is 0.267 e. The van der Waals surface area contributed by atoms with Crippen LogP contribution in [0.1, 0.15) is 29.5 Å². The van der Waals surface area contributed by atoms with Gasteiger partial charge in [-0.2, -0.15) is 5.26 Å². The lowest BCUT2D eigenvalue weighted by Gasteiger charge is -2.19. The van der Waals surface area contributed by atoms with E-state index in [1.807, 2.05) is 6.07 Å². The van der Waals surface area contributed by atoms with Crippen LogP contribution in [0.25, 0.3) is 0 Å².